The van der Waals surface area contributed by atoms with Crippen LogP contribution in [0.5, 0.6) is 11.5 Å². The van der Waals surface area contributed by atoms with E-state index in [1.807, 2.05) is 13.8 Å². The molecule has 3 aromatic carbocycles. The first-order chi connectivity index (χ1) is 13.8. The van der Waals surface area contributed by atoms with E-state index in [1.54, 1.807) is 0 Å². The van der Waals surface area contributed by atoms with Crippen molar-refractivity contribution in [3.63, 3.8) is 0 Å². The third-order valence-corrected chi connectivity index (χ3v) is 5.57. The van der Waals surface area contributed by atoms with Gasteiger partial charge in [-0.1, -0.05) is 18.2 Å². The van der Waals surface area contributed by atoms with Crippen LogP contribution < -0.4 is 4.74 Å². The maximum Gasteiger partial charge on any atom is 0.154 e. The van der Waals surface area contributed by atoms with E-state index in [-0.39, 0.29) is 0 Å². The van der Waals surface area contributed by atoms with Crippen LogP contribution in [0.3, 0.4) is 0 Å². The fourth-order valence-corrected chi connectivity index (χ4v) is 4.29. The smallest absolute Gasteiger partial charge is 0.154 e. The van der Waals surface area contributed by atoms with E-state index in [0.717, 1.165) is 44.6 Å². The van der Waals surface area contributed by atoms with Gasteiger partial charge in [0.25, 0.3) is 0 Å². The monoisotopic (exact) mass is 378 g/mol. The van der Waals surface area contributed by atoms with Crippen molar-refractivity contribution in [3.8, 4) is 28.8 Å². The number of aryl methyl sites for hydroxylation is 2. The molecule has 0 fully saturated rings. The fourth-order valence-electron chi connectivity index (χ4n) is 4.29. The van der Waals surface area contributed by atoms with Crippen molar-refractivity contribution in [2.45, 2.75) is 34.1 Å². The Bertz CT molecular complexity index is 1350. The normalized spacial score (nSPS) is 12.5. The quantitative estimate of drug-likeness (QED) is 0.337. The Kier molecular flexibility index (Phi) is 3.70. The number of benzene rings is 3. The van der Waals surface area contributed by atoms with Crippen molar-refractivity contribution in [3.05, 3.63) is 65.2 Å². The highest BCUT2D eigenvalue weighted by molar-refractivity contribution is 6.05. The molecule has 5 rings (SSSR count). The molecule has 0 amide bonds. The number of hydrogen-bond donors (Lipinski definition) is 0. The van der Waals surface area contributed by atoms with Crippen molar-refractivity contribution in [1.82, 2.24) is 4.98 Å². The fraction of sp³-hybridized carbons (Fsp3) is 0.231. The van der Waals surface area contributed by atoms with Crippen LogP contribution in [0.25, 0.3) is 32.9 Å². The summed E-state index contributed by atoms with van der Waals surface area (Å²) in [6, 6.07) is 19.4. The van der Waals surface area contributed by atoms with Crippen LogP contribution in [-0.2, 0) is 6.42 Å². The molecule has 0 aliphatic carbocycles. The Morgan fingerprint density at radius 2 is 1.69 bits per heavy atom. The van der Waals surface area contributed by atoms with Gasteiger partial charge in [-0.15, -0.1) is 0 Å². The number of ether oxygens (including phenoxy) is 1. The van der Waals surface area contributed by atoms with E-state index in [0.29, 0.717) is 6.42 Å². The predicted molar refractivity (Wildman–Crippen MR) is 117 cm³/mol. The molecule has 0 N–H and O–H groups in total. The first-order valence-electron chi connectivity index (χ1n) is 9.91. The lowest BCUT2D eigenvalue weighted by atomic mass is 9.87. The molecule has 0 saturated carbocycles. The van der Waals surface area contributed by atoms with Gasteiger partial charge in [0.2, 0.25) is 0 Å². The van der Waals surface area contributed by atoms with E-state index in [4.69, 9.17) is 9.72 Å². The molecule has 1 aliphatic heterocycles. The molecule has 2 heterocycles. The van der Waals surface area contributed by atoms with Crippen LogP contribution in [0.4, 0.5) is 0 Å². The molecule has 0 unspecified atom stereocenters. The lowest BCUT2D eigenvalue weighted by Gasteiger charge is -2.22. The van der Waals surface area contributed by atoms with E-state index in [9.17, 15) is 5.26 Å². The van der Waals surface area contributed by atoms with E-state index >= 15 is 0 Å². The Labute approximate surface area is 170 Å². The minimum atomic E-state index is -0.393. The third kappa shape index (κ3) is 2.93. The van der Waals surface area contributed by atoms with Crippen LogP contribution in [0.2, 0.25) is 0 Å². The number of fused-ring (bicyclic) bond motifs is 3. The molecule has 29 heavy (non-hydrogen) atoms. The van der Waals surface area contributed by atoms with E-state index in [1.165, 1.54) is 16.5 Å². The summed E-state index contributed by atoms with van der Waals surface area (Å²) in [5.74, 6) is 1.68. The molecule has 142 valence electrons. The second kappa shape index (κ2) is 6.06. The highest BCUT2D eigenvalue weighted by Gasteiger charge is 2.23. The Balaban J connectivity index is 1.72. The predicted octanol–water partition coefficient (Wildman–Crippen LogP) is 6.87. The van der Waals surface area contributed by atoms with Gasteiger partial charge in [0.15, 0.2) is 5.75 Å². The summed E-state index contributed by atoms with van der Waals surface area (Å²) in [4.78, 5) is 4.97. The lowest BCUT2D eigenvalue weighted by molar-refractivity contribution is 0.485. The third-order valence-electron chi connectivity index (χ3n) is 5.57. The number of rotatable bonds is 2. The van der Waals surface area contributed by atoms with Gasteiger partial charge < -0.3 is 4.74 Å². The van der Waals surface area contributed by atoms with Gasteiger partial charge in [-0.25, -0.2) is 4.98 Å². The van der Waals surface area contributed by atoms with E-state index in [2.05, 4.69) is 68.4 Å². The molecule has 0 saturated heterocycles. The van der Waals surface area contributed by atoms with Crippen LogP contribution >= 0.6 is 0 Å². The number of hydrogen-bond acceptors (Lipinski definition) is 3. The van der Waals surface area contributed by atoms with E-state index < -0.39 is 5.41 Å². The average Bonchev–Trinajstić information content (AvgIpc) is 2.65. The second-order valence-electron chi connectivity index (χ2n) is 8.81. The molecule has 1 aliphatic rings. The zero-order valence-electron chi connectivity index (χ0n) is 17.1. The first-order valence-corrected chi connectivity index (χ1v) is 9.91. The summed E-state index contributed by atoms with van der Waals surface area (Å²) in [6.45, 7) is 8.15. The maximum atomic E-state index is 9.35. The van der Waals surface area contributed by atoms with Crippen molar-refractivity contribution >= 4 is 21.7 Å². The highest BCUT2D eigenvalue weighted by atomic mass is 16.5. The second-order valence-corrected chi connectivity index (χ2v) is 8.81. The Morgan fingerprint density at radius 1 is 0.931 bits per heavy atom. The highest BCUT2D eigenvalue weighted by Crippen LogP contribution is 2.47. The van der Waals surface area contributed by atoms with Crippen LogP contribution in [0.15, 0.2) is 48.5 Å². The summed E-state index contributed by atoms with van der Waals surface area (Å²) in [5.41, 5.74) is 6.11. The summed E-state index contributed by atoms with van der Waals surface area (Å²) >= 11 is 0. The lowest BCUT2D eigenvalue weighted by Crippen LogP contribution is -2.11. The van der Waals surface area contributed by atoms with Crippen molar-refractivity contribution in [1.29, 1.82) is 5.26 Å². The zero-order chi connectivity index (χ0) is 20.3. The number of nitriles is 1. The first kappa shape index (κ1) is 17.7. The molecule has 0 spiro atoms. The van der Waals surface area contributed by atoms with Crippen molar-refractivity contribution < 1.29 is 4.74 Å². The molecular formula is C26H22N2O. The largest absolute Gasteiger partial charge is 0.454 e. The molecule has 1 aromatic heterocycles. The Hall–Kier alpha value is -3.38. The van der Waals surface area contributed by atoms with Crippen LogP contribution in [0.1, 0.15) is 30.5 Å². The Morgan fingerprint density at radius 3 is 2.45 bits per heavy atom. The van der Waals surface area contributed by atoms with Crippen molar-refractivity contribution in [2.24, 2.45) is 5.41 Å². The summed E-state index contributed by atoms with van der Waals surface area (Å²) in [5, 5.41) is 12.7. The van der Waals surface area contributed by atoms with Gasteiger partial charge in [-0.3, -0.25) is 0 Å². The zero-order valence-corrected chi connectivity index (χ0v) is 17.1. The summed E-state index contributed by atoms with van der Waals surface area (Å²) in [7, 11) is 0. The summed E-state index contributed by atoms with van der Waals surface area (Å²) < 4.78 is 6.33. The molecule has 3 nitrogen and oxygen atoms in total. The molecule has 0 radical (unpaired) electrons. The minimum absolute atomic E-state index is 0.393. The van der Waals surface area contributed by atoms with Gasteiger partial charge in [0, 0.05) is 16.3 Å². The van der Waals surface area contributed by atoms with Crippen LogP contribution in [0, 0.1) is 30.6 Å². The SMILES string of the molecule is Cc1cc2c3c(cc(C)cc3c1)-c1nc3ccc(CC(C)(C)C#N)cc3cc1O2. The number of pyridine rings is 1. The number of aromatic nitrogens is 1. The average molecular weight is 378 g/mol. The molecular weight excluding hydrogens is 356 g/mol. The van der Waals surface area contributed by atoms with Gasteiger partial charge in [0.1, 0.15) is 11.4 Å². The molecule has 4 aromatic rings. The molecule has 3 heteroatoms. The van der Waals surface area contributed by atoms with Gasteiger partial charge in [-0.2, -0.15) is 5.26 Å². The van der Waals surface area contributed by atoms with Crippen molar-refractivity contribution in [2.75, 3.05) is 0 Å². The summed E-state index contributed by atoms with van der Waals surface area (Å²) in [6.07, 6.45) is 0.706. The maximum absolute atomic E-state index is 9.35. The standard InChI is InChI=1S/C26H22N2O/c1-15-7-19-8-16(2)10-22-24(19)20(9-15)25-23(29-22)12-18-11-17(5-6-21(18)28-25)13-26(3,4)14-27/h5-12H,13H2,1-4H3. The van der Waals surface area contributed by atoms with Crippen LogP contribution in [-0.4, -0.2) is 4.98 Å². The van der Waals surface area contributed by atoms with Gasteiger partial charge in [0.05, 0.1) is 17.0 Å². The van der Waals surface area contributed by atoms with Gasteiger partial charge in [-0.05, 0) is 86.5 Å². The minimum Gasteiger partial charge on any atom is -0.454 e. The molecule has 0 bridgehead atoms. The molecule has 0 atom stereocenters. The number of nitrogens with zero attached hydrogens (tertiary/aromatic N) is 2. The van der Waals surface area contributed by atoms with Gasteiger partial charge >= 0.3 is 0 Å². The topological polar surface area (TPSA) is 45.9 Å².